The number of pyridine rings is 1. The third kappa shape index (κ3) is 2.28. The highest BCUT2D eigenvalue weighted by Crippen LogP contribution is 2.48. The summed E-state index contributed by atoms with van der Waals surface area (Å²) < 4.78 is 38.9. The summed E-state index contributed by atoms with van der Waals surface area (Å²) in [5.41, 5.74) is 7.76. The number of carbonyl (C=O) groups is 1. The van der Waals surface area contributed by atoms with E-state index in [9.17, 15) is 18.0 Å². The van der Waals surface area contributed by atoms with Crippen molar-refractivity contribution in [3.05, 3.63) is 39.8 Å². The van der Waals surface area contributed by atoms with Gasteiger partial charge in [0.1, 0.15) is 5.82 Å². The third-order valence-electron chi connectivity index (χ3n) is 2.73. The molecule has 0 bridgehead atoms. The number of alkyl halides is 2. The number of nitrogens with zero attached hydrogens (tertiary/aromatic N) is 4. The van der Waals surface area contributed by atoms with Crippen LogP contribution in [0.5, 0.6) is 0 Å². The summed E-state index contributed by atoms with van der Waals surface area (Å²) in [6.07, 6.45) is 0.132. The first-order valence-electron chi connectivity index (χ1n) is 5.05. The summed E-state index contributed by atoms with van der Waals surface area (Å²) >= 11 is 0. The minimum absolute atomic E-state index is 0.0848. The zero-order valence-corrected chi connectivity index (χ0v) is 8.98. The standard InChI is InChI=1S/C10H7F3N4O/c11-7-1-5(9(18)16-17-14)4-15-8(7)6-2-10(12,13)3-6/h1,4,6H,2-3H2. The maximum atomic E-state index is 13.6. The predicted molar refractivity (Wildman–Crippen MR) is 54.6 cm³/mol. The number of rotatable bonds is 2. The van der Waals surface area contributed by atoms with Gasteiger partial charge >= 0.3 is 0 Å². The minimum atomic E-state index is -2.77. The van der Waals surface area contributed by atoms with E-state index in [1.807, 2.05) is 0 Å². The number of amides is 1. The van der Waals surface area contributed by atoms with Gasteiger partial charge in [0.25, 0.3) is 5.91 Å². The van der Waals surface area contributed by atoms with E-state index in [1.54, 1.807) is 0 Å². The Morgan fingerprint density at radius 2 is 2.22 bits per heavy atom. The molecule has 0 N–H and O–H groups in total. The topological polar surface area (TPSA) is 78.7 Å². The fourth-order valence-corrected chi connectivity index (χ4v) is 1.82. The van der Waals surface area contributed by atoms with Gasteiger partial charge in [-0.15, -0.1) is 0 Å². The van der Waals surface area contributed by atoms with Crippen LogP contribution in [0.2, 0.25) is 0 Å². The molecule has 0 unspecified atom stereocenters. The van der Waals surface area contributed by atoms with Crippen molar-refractivity contribution in [2.75, 3.05) is 0 Å². The molecule has 1 amide bonds. The van der Waals surface area contributed by atoms with Crippen LogP contribution in [0.1, 0.15) is 34.8 Å². The van der Waals surface area contributed by atoms with E-state index < -0.39 is 36.4 Å². The fraction of sp³-hybridized carbons (Fsp3) is 0.400. The molecule has 5 nitrogen and oxygen atoms in total. The van der Waals surface area contributed by atoms with Crippen LogP contribution in [-0.2, 0) is 0 Å². The summed E-state index contributed by atoms with van der Waals surface area (Å²) in [4.78, 5) is 17.0. The van der Waals surface area contributed by atoms with Gasteiger partial charge in [-0.2, -0.15) is 0 Å². The van der Waals surface area contributed by atoms with Crippen LogP contribution in [0.15, 0.2) is 17.4 Å². The van der Waals surface area contributed by atoms with E-state index in [0.717, 1.165) is 12.3 Å². The monoisotopic (exact) mass is 256 g/mol. The largest absolute Gasteiger partial charge is 0.287 e. The van der Waals surface area contributed by atoms with Gasteiger partial charge in [0, 0.05) is 35.4 Å². The quantitative estimate of drug-likeness (QED) is 0.462. The molecule has 0 saturated heterocycles. The van der Waals surface area contributed by atoms with Crippen molar-refractivity contribution in [1.82, 2.24) is 4.98 Å². The number of aromatic nitrogens is 1. The molecule has 1 heterocycles. The third-order valence-corrected chi connectivity index (χ3v) is 2.73. The summed E-state index contributed by atoms with van der Waals surface area (Å²) in [6.45, 7) is 0. The molecule has 2 rings (SSSR count). The lowest BCUT2D eigenvalue weighted by atomic mass is 9.78. The van der Waals surface area contributed by atoms with Gasteiger partial charge in [-0.1, -0.05) is 0 Å². The number of hydrogen-bond donors (Lipinski definition) is 0. The zero-order valence-electron chi connectivity index (χ0n) is 8.98. The van der Waals surface area contributed by atoms with E-state index in [2.05, 4.69) is 15.0 Å². The van der Waals surface area contributed by atoms with E-state index >= 15 is 0 Å². The van der Waals surface area contributed by atoms with Crippen molar-refractivity contribution in [3.63, 3.8) is 0 Å². The Labute approximate surface area is 99.3 Å². The summed E-state index contributed by atoms with van der Waals surface area (Å²) in [6, 6.07) is 0.843. The van der Waals surface area contributed by atoms with Crippen LogP contribution in [0.4, 0.5) is 13.2 Å². The molecule has 18 heavy (non-hydrogen) atoms. The second kappa shape index (κ2) is 4.30. The number of hydrogen-bond acceptors (Lipinski definition) is 2. The lowest BCUT2D eigenvalue weighted by Gasteiger charge is -2.34. The molecule has 0 aromatic carbocycles. The molecule has 1 saturated carbocycles. The average molecular weight is 256 g/mol. The van der Waals surface area contributed by atoms with Crippen LogP contribution < -0.4 is 0 Å². The first-order valence-corrected chi connectivity index (χ1v) is 5.05. The molecule has 1 aromatic rings. The van der Waals surface area contributed by atoms with Crippen molar-refractivity contribution >= 4 is 5.91 Å². The number of azide groups is 1. The lowest BCUT2D eigenvalue weighted by Crippen LogP contribution is -2.34. The van der Waals surface area contributed by atoms with Gasteiger partial charge in [0.05, 0.1) is 5.69 Å². The van der Waals surface area contributed by atoms with Gasteiger partial charge in [-0.3, -0.25) is 9.78 Å². The van der Waals surface area contributed by atoms with Crippen molar-refractivity contribution in [1.29, 1.82) is 0 Å². The molecular weight excluding hydrogens is 249 g/mol. The van der Waals surface area contributed by atoms with E-state index in [0.29, 0.717) is 0 Å². The van der Waals surface area contributed by atoms with Gasteiger partial charge in [-0.25, -0.2) is 13.2 Å². The Bertz CT molecular complexity index is 546. The molecule has 0 aliphatic heterocycles. The Balaban J connectivity index is 2.21. The Morgan fingerprint density at radius 1 is 1.56 bits per heavy atom. The summed E-state index contributed by atoms with van der Waals surface area (Å²) in [5, 5.41) is 2.78. The van der Waals surface area contributed by atoms with Crippen LogP contribution in [-0.4, -0.2) is 16.8 Å². The molecule has 1 aromatic heterocycles. The van der Waals surface area contributed by atoms with Crippen LogP contribution >= 0.6 is 0 Å². The molecule has 1 aliphatic rings. The van der Waals surface area contributed by atoms with Gasteiger partial charge in [-0.05, 0) is 16.7 Å². The van der Waals surface area contributed by atoms with Crippen molar-refractivity contribution < 1.29 is 18.0 Å². The molecule has 0 radical (unpaired) electrons. The maximum absolute atomic E-state index is 13.6. The Hall–Kier alpha value is -2.08. The molecule has 94 valence electrons. The van der Waals surface area contributed by atoms with Crippen LogP contribution in [0, 0.1) is 5.82 Å². The number of halogens is 3. The van der Waals surface area contributed by atoms with E-state index in [-0.39, 0.29) is 11.3 Å². The smallest absolute Gasteiger partial charge is 0.250 e. The first kappa shape index (κ1) is 12.4. The van der Waals surface area contributed by atoms with E-state index in [4.69, 9.17) is 5.53 Å². The Morgan fingerprint density at radius 3 is 2.72 bits per heavy atom. The lowest BCUT2D eigenvalue weighted by molar-refractivity contribution is -0.0882. The van der Waals surface area contributed by atoms with Crippen LogP contribution in [0.3, 0.4) is 0 Å². The first-order chi connectivity index (χ1) is 8.43. The summed E-state index contributed by atoms with van der Waals surface area (Å²) in [5.74, 6) is -5.20. The highest BCUT2D eigenvalue weighted by atomic mass is 19.3. The molecular formula is C10H7F3N4O. The molecule has 1 aliphatic carbocycles. The van der Waals surface area contributed by atoms with Gasteiger partial charge < -0.3 is 0 Å². The predicted octanol–water partition coefficient (Wildman–Crippen LogP) is 3.18. The molecule has 8 heteroatoms. The zero-order chi connectivity index (χ0) is 13.3. The second-order valence-electron chi connectivity index (χ2n) is 4.05. The SMILES string of the molecule is [N-]=[N+]=NC(=O)c1cnc(C2CC(F)(F)C2)c(F)c1. The molecule has 1 fully saturated rings. The van der Waals surface area contributed by atoms with Crippen molar-refractivity contribution in [3.8, 4) is 0 Å². The fourth-order valence-electron chi connectivity index (χ4n) is 1.82. The van der Waals surface area contributed by atoms with E-state index in [1.165, 1.54) is 0 Å². The van der Waals surface area contributed by atoms with Crippen molar-refractivity contribution in [2.24, 2.45) is 5.11 Å². The minimum Gasteiger partial charge on any atom is -0.287 e. The summed E-state index contributed by atoms with van der Waals surface area (Å²) in [7, 11) is 0. The normalized spacial score (nSPS) is 17.7. The number of carbonyl (C=O) groups excluding carboxylic acids is 1. The average Bonchev–Trinajstić information content (AvgIpc) is 2.26. The molecule has 0 spiro atoms. The van der Waals surface area contributed by atoms with Gasteiger partial charge in [0.2, 0.25) is 5.92 Å². The highest BCUT2D eigenvalue weighted by Gasteiger charge is 2.47. The van der Waals surface area contributed by atoms with Crippen LogP contribution in [0.25, 0.3) is 10.4 Å². The second-order valence-corrected chi connectivity index (χ2v) is 4.05. The maximum Gasteiger partial charge on any atom is 0.250 e. The Kier molecular flexibility index (Phi) is 2.96. The molecule has 0 atom stereocenters. The van der Waals surface area contributed by atoms with Gasteiger partial charge in [0.15, 0.2) is 0 Å². The highest BCUT2D eigenvalue weighted by molar-refractivity contribution is 5.94. The van der Waals surface area contributed by atoms with Crippen molar-refractivity contribution in [2.45, 2.75) is 24.7 Å².